The highest BCUT2D eigenvalue weighted by Gasteiger charge is 2.51. The van der Waals surface area contributed by atoms with Crippen LogP contribution in [0.4, 0.5) is 25.1 Å². The second kappa shape index (κ2) is 11.2. The van der Waals surface area contributed by atoms with Crippen LogP contribution in [0.1, 0.15) is 46.7 Å². The van der Waals surface area contributed by atoms with Gasteiger partial charge in [0.25, 0.3) is 5.91 Å². The molecule has 11 nitrogen and oxygen atoms in total. The van der Waals surface area contributed by atoms with Crippen molar-refractivity contribution in [3.05, 3.63) is 66.0 Å². The molecule has 1 saturated carbocycles. The number of nitrogens with zero attached hydrogens (tertiary/aromatic N) is 8. The van der Waals surface area contributed by atoms with Gasteiger partial charge in [0.2, 0.25) is 11.9 Å². The molecule has 2 aliphatic heterocycles. The summed E-state index contributed by atoms with van der Waals surface area (Å²) in [6, 6.07) is 4.11. The maximum atomic E-state index is 13.9. The van der Waals surface area contributed by atoms with E-state index in [-0.39, 0.29) is 35.4 Å². The predicted octanol–water partition coefficient (Wildman–Crippen LogP) is 2.79. The summed E-state index contributed by atoms with van der Waals surface area (Å²) in [5, 5.41) is 4.23. The van der Waals surface area contributed by atoms with Crippen molar-refractivity contribution in [3.63, 3.8) is 0 Å². The van der Waals surface area contributed by atoms with E-state index in [1.807, 2.05) is 0 Å². The van der Waals surface area contributed by atoms with Gasteiger partial charge in [-0.2, -0.15) is 13.2 Å². The van der Waals surface area contributed by atoms with Crippen LogP contribution in [0.3, 0.4) is 0 Å². The van der Waals surface area contributed by atoms with Crippen LogP contribution >= 0.6 is 0 Å². The number of piperidine rings is 1. The van der Waals surface area contributed by atoms with Gasteiger partial charge < -0.3 is 15.4 Å². The van der Waals surface area contributed by atoms with Crippen molar-refractivity contribution >= 4 is 17.8 Å². The fraction of sp³-hybridized carbons (Fsp3) is 0.481. The predicted molar refractivity (Wildman–Crippen MR) is 141 cm³/mol. The smallest absolute Gasteiger partial charge is 0.379 e. The second-order valence-corrected chi connectivity index (χ2v) is 10.5. The fourth-order valence-corrected chi connectivity index (χ4v) is 6.06. The average Bonchev–Trinajstić information content (AvgIpc) is 3.84. The van der Waals surface area contributed by atoms with E-state index in [1.54, 1.807) is 17.3 Å². The number of hydrogen-bond acceptors (Lipinski definition) is 10. The van der Waals surface area contributed by atoms with Crippen LogP contribution in [-0.4, -0.2) is 85.7 Å². The molecule has 3 fully saturated rings. The van der Waals surface area contributed by atoms with Crippen LogP contribution in [0.25, 0.3) is 0 Å². The largest absolute Gasteiger partial charge is 0.416 e. The molecule has 216 valence electrons. The van der Waals surface area contributed by atoms with Gasteiger partial charge in [-0.25, -0.2) is 29.9 Å². The summed E-state index contributed by atoms with van der Waals surface area (Å²) in [6.45, 7) is 2.66. The standard InChI is InChI=1S/C27H30F3N9O2/c28-27(29,30)20-3-1-2-18(12-20)24(40)38-7-6-21(22(23(38)17-4-5-17)19-13-33-25(31)34-14-19)39(26-35-15-32-16-36-26)37-8-10-41-11-9-37/h1-3,12-17,21-23H,4-11H2,(H2,31,33,34). The Morgan fingerprint density at radius 3 is 2.37 bits per heavy atom. The van der Waals surface area contributed by atoms with E-state index in [9.17, 15) is 18.0 Å². The highest BCUT2D eigenvalue weighted by Crippen LogP contribution is 2.48. The monoisotopic (exact) mass is 569 g/mol. The molecule has 3 aromatic rings. The molecule has 2 N–H and O–H groups in total. The lowest BCUT2D eigenvalue weighted by Crippen LogP contribution is -2.63. The molecule has 2 aromatic heterocycles. The number of halogens is 3. The Labute approximate surface area is 234 Å². The number of rotatable bonds is 6. The minimum Gasteiger partial charge on any atom is -0.379 e. The van der Waals surface area contributed by atoms with Crippen molar-refractivity contribution in [2.45, 2.75) is 43.4 Å². The third-order valence-corrected chi connectivity index (χ3v) is 7.98. The van der Waals surface area contributed by atoms with Gasteiger partial charge in [0.05, 0.1) is 24.8 Å². The Morgan fingerprint density at radius 1 is 1.00 bits per heavy atom. The Hall–Kier alpha value is -3.91. The molecule has 3 aliphatic rings. The van der Waals surface area contributed by atoms with Gasteiger partial charge >= 0.3 is 6.18 Å². The van der Waals surface area contributed by atoms with Crippen LogP contribution in [-0.2, 0) is 10.9 Å². The molecule has 0 spiro atoms. The number of nitrogen functional groups attached to an aromatic ring is 1. The van der Waals surface area contributed by atoms with Crippen molar-refractivity contribution in [2.75, 3.05) is 43.6 Å². The maximum Gasteiger partial charge on any atom is 0.416 e. The molecule has 4 heterocycles. The topological polar surface area (TPSA) is 126 Å². The van der Waals surface area contributed by atoms with Crippen LogP contribution in [0.2, 0.25) is 0 Å². The van der Waals surface area contributed by atoms with Gasteiger partial charge in [-0.15, -0.1) is 0 Å². The number of carbonyl (C=O) groups is 1. The summed E-state index contributed by atoms with van der Waals surface area (Å²) in [7, 11) is 0. The summed E-state index contributed by atoms with van der Waals surface area (Å²) in [5.74, 6) is 0.0426. The first-order valence-corrected chi connectivity index (χ1v) is 13.6. The summed E-state index contributed by atoms with van der Waals surface area (Å²) in [6.07, 6.45) is 4.01. The SMILES string of the molecule is Nc1ncc(C2C(C3CC3)N(C(=O)c3cccc(C(F)(F)F)c3)CCC2N(c2ncncn2)N2CCOCC2)cn1. The van der Waals surface area contributed by atoms with Gasteiger partial charge in [0.15, 0.2) is 0 Å². The summed E-state index contributed by atoms with van der Waals surface area (Å²) < 4.78 is 46.1. The van der Waals surface area contributed by atoms with Crippen molar-refractivity contribution in [1.29, 1.82) is 0 Å². The van der Waals surface area contributed by atoms with Crippen LogP contribution < -0.4 is 10.7 Å². The van der Waals surface area contributed by atoms with E-state index in [0.29, 0.717) is 45.2 Å². The zero-order chi connectivity index (χ0) is 28.6. The minimum absolute atomic E-state index is 0.0127. The van der Waals surface area contributed by atoms with Crippen molar-refractivity contribution < 1.29 is 22.7 Å². The second-order valence-electron chi connectivity index (χ2n) is 10.5. The maximum absolute atomic E-state index is 13.9. The highest BCUT2D eigenvalue weighted by molar-refractivity contribution is 5.95. The van der Waals surface area contributed by atoms with Crippen LogP contribution in [0.15, 0.2) is 49.3 Å². The Balaban J connectivity index is 1.42. The zero-order valence-electron chi connectivity index (χ0n) is 22.2. The number of ether oxygens (including phenoxy) is 1. The minimum atomic E-state index is -4.55. The number of alkyl halides is 3. The molecular weight excluding hydrogens is 539 g/mol. The quantitative estimate of drug-likeness (QED) is 0.474. The van der Waals surface area contributed by atoms with Gasteiger partial charge in [-0.05, 0) is 48.9 Å². The lowest BCUT2D eigenvalue weighted by molar-refractivity contribution is -0.137. The summed E-state index contributed by atoms with van der Waals surface area (Å²) in [5.41, 5.74) is 5.78. The van der Waals surface area contributed by atoms with E-state index < -0.39 is 17.6 Å². The van der Waals surface area contributed by atoms with Crippen LogP contribution in [0, 0.1) is 5.92 Å². The van der Waals surface area contributed by atoms with E-state index in [0.717, 1.165) is 30.5 Å². The molecule has 14 heteroatoms. The molecular formula is C27H30F3N9O2. The lowest BCUT2D eigenvalue weighted by atomic mass is 9.77. The Bertz CT molecular complexity index is 1350. The first-order valence-electron chi connectivity index (χ1n) is 13.6. The molecule has 6 rings (SSSR count). The van der Waals surface area contributed by atoms with E-state index in [1.165, 1.54) is 24.8 Å². The molecule has 0 radical (unpaired) electrons. The summed E-state index contributed by atoms with van der Waals surface area (Å²) in [4.78, 5) is 37.1. The summed E-state index contributed by atoms with van der Waals surface area (Å²) >= 11 is 0. The molecule has 3 atom stereocenters. The first-order chi connectivity index (χ1) is 19.8. The number of likely N-dealkylation sites (tertiary alicyclic amines) is 1. The lowest BCUT2D eigenvalue weighted by Gasteiger charge is -2.52. The van der Waals surface area contributed by atoms with Gasteiger partial charge in [0, 0.05) is 49.6 Å². The van der Waals surface area contributed by atoms with Crippen molar-refractivity contribution in [1.82, 2.24) is 34.8 Å². The van der Waals surface area contributed by atoms with Gasteiger partial charge in [0.1, 0.15) is 12.7 Å². The van der Waals surface area contributed by atoms with Crippen LogP contribution in [0.5, 0.6) is 0 Å². The molecule has 1 aliphatic carbocycles. The van der Waals surface area contributed by atoms with E-state index >= 15 is 0 Å². The van der Waals surface area contributed by atoms with E-state index in [2.05, 4.69) is 34.9 Å². The number of carbonyl (C=O) groups excluding carboxylic acids is 1. The van der Waals surface area contributed by atoms with Crippen molar-refractivity contribution in [3.8, 4) is 0 Å². The third kappa shape index (κ3) is 5.66. The molecule has 0 bridgehead atoms. The Kier molecular flexibility index (Phi) is 7.43. The number of amides is 1. The molecule has 1 aromatic carbocycles. The number of hydrogen-bond donors (Lipinski definition) is 1. The Morgan fingerprint density at radius 2 is 1.71 bits per heavy atom. The molecule has 1 amide bonds. The number of hydrazine groups is 1. The van der Waals surface area contributed by atoms with Gasteiger partial charge in [-0.1, -0.05) is 6.07 Å². The number of aromatic nitrogens is 5. The van der Waals surface area contributed by atoms with E-state index in [4.69, 9.17) is 10.5 Å². The third-order valence-electron chi connectivity index (χ3n) is 7.98. The molecule has 41 heavy (non-hydrogen) atoms. The number of morpholine rings is 1. The number of nitrogens with two attached hydrogens (primary N) is 1. The first kappa shape index (κ1) is 27.3. The molecule has 3 unspecified atom stereocenters. The molecule has 2 saturated heterocycles. The number of benzene rings is 1. The number of anilines is 2. The average molecular weight is 570 g/mol. The fourth-order valence-electron chi connectivity index (χ4n) is 6.06. The normalized spacial score (nSPS) is 23.8. The van der Waals surface area contributed by atoms with Crippen molar-refractivity contribution in [2.24, 2.45) is 5.92 Å². The van der Waals surface area contributed by atoms with Gasteiger partial charge in [-0.3, -0.25) is 9.80 Å². The zero-order valence-corrected chi connectivity index (χ0v) is 22.2. The highest BCUT2D eigenvalue weighted by atomic mass is 19.4.